The number of amides is 1. The van der Waals surface area contributed by atoms with Crippen LogP contribution in [0.1, 0.15) is 57.7 Å². The smallest absolute Gasteiger partial charge is 0.407 e. The van der Waals surface area contributed by atoms with E-state index < -0.39 is 6.09 Å². The molecule has 1 unspecified atom stereocenters. The van der Waals surface area contributed by atoms with E-state index in [-0.39, 0.29) is 29.5 Å². The van der Waals surface area contributed by atoms with Crippen LogP contribution in [-0.2, 0) is 11.2 Å². The van der Waals surface area contributed by atoms with E-state index >= 15 is 4.39 Å². The Hall–Kier alpha value is -2.60. The summed E-state index contributed by atoms with van der Waals surface area (Å²) in [5.74, 6) is 0.883. The molecule has 5 nitrogen and oxygen atoms in total. The Balaban J connectivity index is 1.36. The molecule has 3 fully saturated rings. The molecule has 1 N–H and O–H groups in total. The third-order valence-electron chi connectivity index (χ3n) is 7.60. The number of halogens is 1. The van der Waals surface area contributed by atoms with Gasteiger partial charge in [0.2, 0.25) is 0 Å². The first-order chi connectivity index (χ1) is 16.2. The quantitative estimate of drug-likeness (QED) is 0.612. The number of nitrogens with zero attached hydrogens (tertiary/aromatic N) is 1. The highest BCUT2D eigenvalue weighted by Crippen LogP contribution is 2.47. The van der Waals surface area contributed by atoms with Gasteiger partial charge in [-0.3, -0.25) is 4.90 Å². The third-order valence-corrected chi connectivity index (χ3v) is 7.60. The van der Waals surface area contributed by atoms with Crippen LogP contribution in [0.3, 0.4) is 0 Å². The first-order valence-corrected chi connectivity index (χ1v) is 12.5. The van der Waals surface area contributed by atoms with Crippen molar-refractivity contribution >= 4 is 6.09 Å². The summed E-state index contributed by atoms with van der Waals surface area (Å²) in [5, 5.41) is 3.08. The van der Waals surface area contributed by atoms with E-state index in [2.05, 4.69) is 24.1 Å². The van der Waals surface area contributed by atoms with Gasteiger partial charge in [-0.05, 0) is 98.5 Å². The van der Waals surface area contributed by atoms with Gasteiger partial charge in [0.25, 0.3) is 0 Å². The maximum atomic E-state index is 15.4. The first-order valence-electron chi connectivity index (χ1n) is 12.5. The molecule has 0 saturated carbocycles. The summed E-state index contributed by atoms with van der Waals surface area (Å²) in [7, 11) is 0. The van der Waals surface area contributed by atoms with Crippen LogP contribution in [-0.4, -0.2) is 42.8 Å². The predicted octanol–water partition coefficient (Wildman–Crippen LogP) is 5.72. The molecule has 182 valence electrons. The summed E-state index contributed by atoms with van der Waals surface area (Å²) in [6.45, 7) is 11.2. The van der Waals surface area contributed by atoms with Crippen molar-refractivity contribution in [2.75, 3.05) is 19.6 Å². The van der Waals surface area contributed by atoms with Crippen LogP contribution in [0.4, 0.5) is 9.18 Å². The van der Waals surface area contributed by atoms with Gasteiger partial charge in [-0.1, -0.05) is 26.0 Å². The van der Waals surface area contributed by atoms with E-state index in [0.717, 1.165) is 61.3 Å². The van der Waals surface area contributed by atoms with Crippen molar-refractivity contribution in [1.82, 2.24) is 10.2 Å². The molecule has 0 spiro atoms. The van der Waals surface area contributed by atoms with Crippen LogP contribution in [0.25, 0.3) is 11.1 Å². The highest BCUT2D eigenvalue weighted by Gasteiger charge is 2.42. The predicted molar refractivity (Wildman–Crippen MR) is 130 cm³/mol. The Labute approximate surface area is 201 Å². The molecular formula is C28H35FN2O3. The van der Waals surface area contributed by atoms with E-state index in [1.807, 2.05) is 44.2 Å². The van der Waals surface area contributed by atoms with Crippen molar-refractivity contribution in [2.24, 2.45) is 11.3 Å². The van der Waals surface area contributed by atoms with Crippen LogP contribution >= 0.6 is 0 Å². The normalized spacial score (nSPS) is 26.9. The molecule has 3 saturated heterocycles. The number of hydrogen-bond acceptors (Lipinski definition) is 4. The molecule has 34 heavy (non-hydrogen) atoms. The van der Waals surface area contributed by atoms with Crippen LogP contribution in [0.5, 0.6) is 5.75 Å². The zero-order valence-corrected chi connectivity index (χ0v) is 20.6. The second-order valence-electron chi connectivity index (χ2n) is 11.0. The number of ether oxygens (including phenoxy) is 2. The van der Waals surface area contributed by atoms with Crippen molar-refractivity contribution < 1.29 is 18.7 Å². The van der Waals surface area contributed by atoms with Gasteiger partial charge in [0, 0.05) is 12.1 Å². The number of fused-ring (bicyclic) bond motifs is 4. The molecule has 0 radical (unpaired) electrons. The van der Waals surface area contributed by atoms with Gasteiger partial charge in [-0.25, -0.2) is 9.18 Å². The SMILES string of the molecule is CC(C)Oc1cccc(-c2cc3c(cc2F)C(NC(=O)O[C@H]2CN4CCC2CC4)C(C)(C)C3)c1. The molecule has 2 bridgehead atoms. The lowest BCUT2D eigenvalue weighted by molar-refractivity contribution is -0.0349. The molecule has 2 aromatic carbocycles. The minimum Gasteiger partial charge on any atom is -0.491 e. The molecule has 3 aliphatic heterocycles. The van der Waals surface area contributed by atoms with Gasteiger partial charge in [0.15, 0.2) is 0 Å². The molecule has 2 aromatic rings. The summed E-state index contributed by atoms with van der Waals surface area (Å²) in [6, 6.07) is 10.8. The Morgan fingerprint density at radius 1 is 1.18 bits per heavy atom. The van der Waals surface area contributed by atoms with Crippen molar-refractivity contribution in [3.8, 4) is 16.9 Å². The minimum absolute atomic E-state index is 0.0495. The molecule has 2 atom stereocenters. The van der Waals surface area contributed by atoms with E-state index in [1.165, 1.54) is 0 Å². The van der Waals surface area contributed by atoms with E-state index in [1.54, 1.807) is 6.07 Å². The molecule has 6 heteroatoms. The number of carbonyl (C=O) groups is 1. The number of hydrogen-bond donors (Lipinski definition) is 1. The highest BCUT2D eigenvalue weighted by atomic mass is 19.1. The van der Waals surface area contributed by atoms with E-state index in [4.69, 9.17) is 9.47 Å². The van der Waals surface area contributed by atoms with Gasteiger partial charge in [-0.15, -0.1) is 0 Å². The van der Waals surface area contributed by atoms with Crippen molar-refractivity contribution in [1.29, 1.82) is 0 Å². The largest absolute Gasteiger partial charge is 0.491 e. The number of benzene rings is 2. The van der Waals surface area contributed by atoms with Crippen molar-refractivity contribution in [2.45, 2.75) is 65.2 Å². The second-order valence-corrected chi connectivity index (χ2v) is 11.0. The van der Waals surface area contributed by atoms with Crippen LogP contribution in [0.2, 0.25) is 0 Å². The van der Waals surface area contributed by atoms with Crippen LogP contribution < -0.4 is 10.1 Å². The molecule has 3 heterocycles. The fourth-order valence-corrected chi connectivity index (χ4v) is 5.91. The summed E-state index contributed by atoms with van der Waals surface area (Å²) >= 11 is 0. The molecular weight excluding hydrogens is 431 g/mol. The fourth-order valence-electron chi connectivity index (χ4n) is 5.91. The van der Waals surface area contributed by atoms with Crippen molar-refractivity contribution in [3.63, 3.8) is 0 Å². The average Bonchev–Trinajstić information content (AvgIpc) is 3.02. The van der Waals surface area contributed by atoms with E-state index in [9.17, 15) is 4.79 Å². The standard InChI is InChI=1S/C28H35FN2O3/c1-17(2)33-21-7-5-6-19(12-21)22-13-20-15-28(3,4)26(23(20)14-24(22)29)30-27(32)34-25-16-31-10-8-18(25)9-11-31/h5-7,12-14,17-18,25-26H,8-11,15-16H2,1-4H3,(H,30,32)/t25-,26?/m0/s1. The molecule has 6 rings (SSSR count). The maximum Gasteiger partial charge on any atom is 0.407 e. The summed E-state index contributed by atoms with van der Waals surface area (Å²) in [6.07, 6.45) is 2.54. The number of piperidine rings is 3. The zero-order valence-electron chi connectivity index (χ0n) is 20.6. The third kappa shape index (κ3) is 4.52. The lowest BCUT2D eigenvalue weighted by Gasteiger charge is -2.44. The Morgan fingerprint density at radius 2 is 1.94 bits per heavy atom. The summed E-state index contributed by atoms with van der Waals surface area (Å²) < 4.78 is 27.0. The van der Waals surface area contributed by atoms with E-state index in [0.29, 0.717) is 11.5 Å². The maximum absolute atomic E-state index is 15.4. The van der Waals surface area contributed by atoms with Crippen LogP contribution in [0, 0.1) is 17.2 Å². The Bertz CT molecular complexity index is 1080. The summed E-state index contributed by atoms with van der Waals surface area (Å²) in [5.41, 5.74) is 2.99. The Morgan fingerprint density at radius 3 is 2.62 bits per heavy atom. The Kier molecular flexibility index (Phi) is 6.05. The lowest BCUT2D eigenvalue weighted by Crippen LogP contribution is -2.53. The number of carbonyl (C=O) groups excluding carboxylic acids is 1. The second kappa shape index (κ2) is 8.88. The average molecular weight is 467 g/mol. The fraction of sp³-hybridized carbons (Fsp3) is 0.536. The number of alkyl carbamates (subject to hydrolysis) is 1. The van der Waals surface area contributed by atoms with Gasteiger partial charge in [-0.2, -0.15) is 0 Å². The first kappa shape index (κ1) is 23.2. The minimum atomic E-state index is -0.396. The highest BCUT2D eigenvalue weighted by molar-refractivity contribution is 5.71. The lowest BCUT2D eigenvalue weighted by atomic mass is 9.85. The number of nitrogens with one attached hydrogen (secondary N) is 1. The van der Waals surface area contributed by atoms with Gasteiger partial charge < -0.3 is 14.8 Å². The number of rotatable bonds is 5. The molecule has 1 aliphatic carbocycles. The molecule has 1 amide bonds. The molecule has 0 aromatic heterocycles. The monoisotopic (exact) mass is 466 g/mol. The van der Waals surface area contributed by atoms with Crippen LogP contribution in [0.15, 0.2) is 36.4 Å². The topological polar surface area (TPSA) is 50.8 Å². The van der Waals surface area contributed by atoms with Gasteiger partial charge in [0.1, 0.15) is 17.7 Å². The van der Waals surface area contributed by atoms with Gasteiger partial charge >= 0.3 is 6.09 Å². The molecule has 4 aliphatic rings. The summed E-state index contributed by atoms with van der Waals surface area (Å²) in [4.78, 5) is 15.2. The zero-order chi connectivity index (χ0) is 24.0. The van der Waals surface area contributed by atoms with Gasteiger partial charge in [0.05, 0.1) is 12.1 Å². The van der Waals surface area contributed by atoms with Crippen molar-refractivity contribution in [3.05, 3.63) is 53.3 Å².